The molecule has 0 fully saturated rings. The Morgan fingerprint density at radius 2 is 2.11 bits per heavy atom. The molecule has 0 bridgehead atoms. The highest BCUT2D eigenvalue weighted by molar-refractivity contribution is 7.15. The number of hydrogen-bond donors (Lipinski definition) is 1. The van der Waals surface area contributed by atoms with E-state index in [2.05, 4.69) is 30.7 Å². The van der Waals surface area contributed by atoms with Crippen LogP contribution < -0.4 is 5.73 Å². The minimum atomic E-state index is -0.0231. The Kier molecular flexibility index (Phi) is 3.71. The van der Waals surface area contributed by atoms with Crippen LogP contribution in [0.2, 0.25) is 5.02 Å². The second kappa shape index (κ2) is 4.96. The first kappa shape index (κ1) is 13.5. The second-order valence-electron chi connectivity index (χ2n) is 5.08. The Morgan fingerprint density at radius 1 is 1.39 bits per heavy atom. The smallest absolute Gasteiger partial charge is 0.143 e. The highest BCUT2D eigenvalue weighted by atomic mass is 35.5. The van der Waals surface area contributed by atoms with Crippen molar-refractivity contribution in [2.24, 2.45) is 5.73 Å². The lowest BCUT2D eigenvalue weighted by Crippen LogP contribution is -2.15. The van der Waals surface area contributed by atoms with Gasteiger partial charge in [-0.15, -0.1) is 11.3 Å². The summed E-state index contributed by atoms with van der Waals surface area (Å²) in [4.78, 5) is 10.1. The molecule has 2 aromatic rings. The standard InChI is InChI=1S/C13H16ClN3S/c1-13(2,3)11-9(7-15)18-12(17-11)10-8(14)5-4-6-16-10/h4-6H,7,15H2,1-3H3. The van der Waals surface area contributed by atoms with Gasteiger partial charge in [-0.1, -0.05) is 32.4 Å². The normalized spacial score (nSPS) is 11.8. The average Bonchev–Trinajstić information content (AvgIpc) is 2.73. The minimum Gasteiger partial charge on any atom is -0.326 e. The van der Waals surface area contributed by atoms with Gasteiger partial charge >= 0.3 is 0 Å². The highest BCUT2D eigenvalue weighted by Gasteiger charge is 2.23. The average molecular weight is 282 g/mol. The summed E-state index contributed by atoms with van der Waals surface area (Å²) in [5.41, 5.74) is 7.54. The van der Waals surface area contributed by atoms with E-state index in [4.69, 9.17) is 17.3 Å². The van der Waals surface area contributed by atoms with Gasteiger partial charge in [-0.25, -0.2) is 4.98 Å². The zero-order valence-corrected chi connectivity index (χ0v) is 12.3. The SMILES string of the molecule is CC(C)(C)c1nc(-c2ncccc2Cl)sc1CN. The van der Waals surface area contributed by atoms with Crippen LogP contribution in [0.15, 0.2) is 18.3 Å². The van der Waals surface area contributed by atoms with Gasteiger partial charge in [0.25, 0.3) is 0 Å². The summed E-state index contributed by atoms with van der Waals surface area (Å²) in [7, 11) is 0. The number of hydrogen-bond acceptors (Lipinski definition) is 4. The fourth-order valence-electron chi connectivity index (χ4n) is 1.72. The molecule has 2 aromatic heterocycles. The molecule has 18 heavy (non-hydrogen) atoms. The Bertz CT molecular complexity index is 558. The van der Waals surface area contributed by atoms with E-state index in [-0.39, 0.29) is 5.41 Å². The lowest BCUT2D eigenvalue weighted by atomic mass is 9.91. The number of halogens is 1. The van der Waals surface area contributed by atoms with Crippen LogP contribution in [0, 0.1) is 0 Å². The van der Waals surface area contributed by atoms with Gasteiger partial charge in [-0.05, 0) is 12.1 Å². The van der Waals surface area contributed by atoms with Crippen molar-refractivity contribution in [1.29, 1.82) is 0 Å². The van der Waals surface area contributed by atoms with E-state index in [0.29, 0.717) is 11.6 Å². The van der Waals surface area contributed by atoms with Crippen molar-refractivity contribution < 1.29 is 0 Å². The first-order valence-corrected chi connectivity index (χ1v) is 6.94. The maximum absolute atomic E-state index is 6.15. The third-order valence-corrected chi connectivity index (χ3v) is 3.94. The van der Waals surface area contributed by atoms with Crippen molar-refractivity contribution in [2.75, 3.05) is 0 Å². The van der Waals surface area contributed by atoms with Gasteiger partial charge in [0.1, 0.15) is 10.7 Å². The maximum Gasteiger partial charge on any atom is 0.143 e. The van der Waals surface area contributed by atoms with Crippen LogP contribution >= 0.6 is 22.9 Å². The number of nitrogens with zero attached hydrogens (tertiary/aromatic N) is 2. The van der Waals surface area contributed by atoms with Crippen LogP contribution in [0.25, 0.3) is 10.7 Å². The van der Waals surface area contributed by atoms with Gasteiger partial charge in [0.2, 0.25) is 0 Å². The molecule has 2 heterocycles. The fourth-order valence-corrected chi connectivity index (χ4v) is 3.15. The number of nitrogens with two attached hydrogens (primary N) is 1. The zero-order chi connectivity index (χ0) is 13.3. The van der Waals surface area contributed by atoms with Gasteiger partial charge in [0, 0.05) is 23.0 Å². The third-order valence-electron chi connectivity index (χ3n) is 2.55. The molecule has 0 amide bonds. The summed E-state index contributed by atoms with van der Waals surface area (Å²) in [5, 5.41) is 1.46. The number of pyridine rings is 1. The second-order valence-corrected chi connectivity index (χ2v) is 6.57. The Labute approximate surface area is 116 Å². The van der Waals surface area contributed by atoms with Gasteiger partial charge in [0.15, 0.2) is 0 Å². The van der Waals surface area contributed by atoms with E-state index in [9.17, 15) is 0 Å². The molecule has 0 saturated heterocycles. The quantitative estimate of drug-likeness (QED) is 0.915. The third kappa shape index (κ3) is 2.55. The number of thiazole rings is 1. The molecule has 0 aliphatic heterocycles. The van der Waals surface area contributed by atoms with Crippen molar-refractivity contribution >= 4 is 22.9 Å². The van der Waals surface area contributed by atoms with E-state index in [1.165, 1.54) is 0 Å². The molecule has 3 nitrogen and oxygen atoms in total. The summed E-state index contributed by atoms with van der Waals surface area (Å²) in [6.07, 6.45) is 1.72. The first-order valence-electron chi connectivity index (χ1n) is 5.74. The summed E-state index contributed by atoms with van der Waals surface area (Å²) in [5.74, 6) is 0. The molecule has 0 aromatic carbocycles. The summed E-state index contributed by atoms with van der Waals surface area (Å²) >= 11 is 7.72. The van der Waals surface area contributed by atoms with Gasteiger partial charge in [0.05, 0.1) is 10.7 Å². The van der Waals surface area contributed by atoms with Gasteiger partial charge in [-0.2, -0.15) is 0 Å². The van der Waals surface area contributed by atoms with Crippen molar-refractivity contribution in [2.45, 2.75) is 32.7 Å². The fraction of sp³-hybridized carbons (Fsp3) is 0.385. The highest BCUT2D eigenvalue weighted by Crippen LogP contribution is 2.35. The Balaban J connectivity index is 2.55. The van der Waals surface area contributed by atoms with Crippen molar-refractivity contribution in [3.05, 3.63) is 33.9 Å². The van der Waals surface area contributed by atoms with Crippen LogP contribution in [0.1, 0.15) is 31.3 Å². The molecule has 0 saturated carbocycles. The summed E-state index contributed by atoms with van der Waals surface area (Å²) in [6.45, 7) is 6.88. The minimum absolute atomic E-state index is 0.0231. The predicted molar refractivity (Wildman–Crippen MR) is 76.9 cm³/mol. The van der Waals surface area contributed by atoms with Crippen LogP contribution in [0.3, 0.4) is 0 Å². The zero-order valence-electron chi connectivity index (χ0n) is 10.7. The van der Waals surface area contributed by atoms with Gasteiger partial charge < -0.3 is 5.73 Å². The lowest BCUT2D eigenvalue weighted by Gasteiger charge is -2.16. The molecule has 0 unspecified atom stereocenters. The van der Waals surface area contributed by atoms with Gasteiger partial charge in [-0.3, -0.25) is 4.98 Å². The lowest BCUT2D eigenvalue weighted by molar-refractivity contribution is 0.567. The van der Waals surface area contributed by atoms with Crippen LogP contribution in [0.5, 0.6) is 0 Å². The largest absolute Gasteiger partial charge is 0.326 e. The molecule has 5 heteroatoms. The Hall–Kier alpha value is -0.970. The van der Waals surface area contributed by atoms with Crippen molar-refractivity contribution in [1.82, 2.24) is 9.97 Å². The number of aromatic nitrogens is 2. The van der Waals surface area contributed by atoms with E-state index >= 15 is 0 Å². The molecule has 2 N–H and O–H groups in total. The van der Waals surface area contributed by atoms with Crippen LogP contribution in [-0.4, -0.2) is 9.97 Å². The van der Waals surface area contributed by atoms with Crippen LogP contribution in [0.4, 0.5) is 0 Å². The molecule has 0 radical (unpaired) electrons. The predicted octanol–water partition coefficient (Wildman–Crippen LogP) is 3.61. The molecule has 0 atom stereocenters. The molecule has 96 valence electrons. The Morgan fingerprint density at radius 3 is 2.61 bits per heavy atom. The van der Waals surface area contributed by atoms with E-state index in [1.807, 2.05) is 12.1 Å². The van der Waals surface area contributed by atoms with E-state index in [0.717, 1.165) is 21.3 Å². The molecule has 0 spiro atoms. The molecule has 2 rings (SSSR count). The van der Waals surface area contributed by atoms with E-state index < -0.39 is 0 Å². The monoisotopic (exact) mass is 281 g/mol. The first-order chi connectivity index (χ1) is 8.43. The molecular formula is C13H16ClN3S. The molecule has 0 aliphatic carbocycles. The van der Waals surface area contributed by atoms with Crippen molar-refractivity contribution in [3.63, 3.8) is 0 Å². The molecule has 0 aliphatic rings. The van der Waals surface area contributed by atoms with Crippen molar-refractivity contribution in [3.8, 4) is 10.7 Å². The molecular weight excluding hydrogens is 266 g/mol. The maximum atomic E-state index is 6.15. The summed E-state index contributed by atoms with van der Waals surface area (Å²) in [6, 6.07) is 3.64. The van der Waals surface area contributed by atoms with E-state index in [1.54, 1.807) is 17.5 Å². The number of rotatable bonds is 2. The summed E-state index contributed by atoms with van der Waals surface area (Å²) < 4.78 is 0. The van der Waals surface area contributed by atoms with Crippen LogP contribution in [-0.2, 0) is 12.0 Å². The topological polar surface area (TPSA) is 51.8 Å².